The van der Waals surface area contributed by atoms with E-state index >= 15 is 0 Å². The fraction of sp³-hybridized carbons (Fsp3) is 1.00. The van der Waals surface area contributed by atoms with Gasteiger partial charge in [-0.1, -0.05) is 0 Å². The molecule has 0 aliphatic carbocycles. The van der Waals surface area contributed by atoms with Crippen LogP contribution in [0, 0.1) is 0 Å². The quantitative estimate of drug-likeness (QED) is 0.472. The Morgan fingerprint density at radius 3 is 2.50 bits per heavy atom. The van der Waals surface area contributed by atoms with Gasteiger partial charge in [-0.05, 0) is 12.8 Å². The fourth-order valence-electron chi connectivity index (χ4n) is 0.710. The largest absolute Gasteiger partial charge is 0.346 e. The maximum absolute atomic E-state index is 12.1. The lowest BCUT2D eigenvalue weighted by molar-refractivity contribution is -0.114. The van der Waals surface area contributed by atoms with Crippen LogP contribution in [-0.4, -0.2) is 19.1 Å². The Hall–Kier alpha value is -0.180. The normalized spacial score (nSPS) is 39.8. The molecule has 0 amide bonds. The summed E-state index contributed by atoms with van der Waals surface area (Å²) in [7, 11) is 0. The second kappa shape index (κ2) is 2.40. The summed E-state index contributed by atoms with van der Waals surface area (Å²) in [6, 6.07) is 0. The summed E-state index contributed by atoms with van der Waals surface area (Å²) in [4.78, 5) is 0. The lowest BCUT2D eigenvalue weighted by Crippen LogP contribution is -2.26. The molecule has 1 aliphatic heterocycles. The predicted molar refractivity (Wildman–Crippen MR) is 25.0 cm³/mol. The van der Waals surface area contributed by atoms with Gasteiger partial charge >= 0.3 is 0 Å². The predicted octanol–water partition coefficient (Wildman–Crippen LogP) is 1.43. The van der Waals surface area contributed by atoms with Gasteiger partial charge in [-0.15, -0.1) is 0 Å². The van der Waals surface area contributed by atoms with Gasteiger partial charge in [0.25, 0.3) is 0 Å². The van der Waals surface area contributed by atoms with Crippen molar-refractivity contribution in [2.24, 2.45) is 0 Å². The molecular weight excluding hydrogens is 114 g/mol. The molecule has 0 aromatic carbocycles. The molecule has 0 saturated carbocycles. The van der Waals surface area contributed by atoms with Crippen molar-refractivity contribution < 1.29 is 13.5 Å². The minimum atomic E-state index is -1.66. The molecule has 0 aromatic heterocycles. The molecule has 1 fully saturated rings. The van der Waals surface area contributed by atoms with E-state index in [0.29, 0.717) is 19.4 Å². The molecule has 0 unspecified atom stereocenters. The van der Waals surface area contributed by atoms with Crippen molar-refractivity contribution in [3.63, 3.8) is 0 Å². The molecule has 0 spiro atoms. The highest BCUT2D eigenvalue weighted by Gasteiger charge is 2.24. The molecule has 8 heavy (non-hydrogen) atoms. The summed E-state index contributed by atoms with van der Waals surface area (Å²) in [5.41, 5.74) is 0. The number of ether oxygens (including phenoxy) is 1. The van der Waals surface area contributed by atoms with Crippen LogP contribution in [0.25, 0.3) is 0 Å². The lowest BCUT2D eigenvalue weighted by Gasteiger charge is -2.18. The number of hydrogen-bond acceptors (Lipinski definition) is 1. The monoisotopic (exact) mass is 122 g/mol. The highest BCUT2D eigenvalue weighted by molar-refractivity contribution is 4.63. The van der Waals surface area contributed by atoms with Crippen LogP contribution >= 0.6 is 0 Å². The Morgan fingerprint density at radius 1 is 1.38 bits per heavy atom. The second-order valence-corrected chi connectivity index (χ2v) is 1.88. The Labute approximate surface area is 46.6 Å². The molecule has 1 heterocycles. The van der Waals surface area contributed by atoms with E-state index in [1.54, 1.807) is 0 Å². The molecule has 0 radical (unpaired) electrons. The van der Waals surface area contributed by atoms with Gasteiger partial charge in [-0.3, -0.25) is 0 Å². The van der Waals surface area contributed by atoms with E-state index in [0.717, 1.165) is 0 Å². The van der Waals surface area contributed by atoms with Crippen LogP contribution in [0.5, 0.6) is 0 Å². The van der Waals surface area contributed by atoms with E-state index in [1.165, 1.54) is 0 Å². The third-order valence-electron chi connectivity index (χ3n) is 1.19. The van der Waals surface area contributed by atoms with E-state index in [9.17, 15) is 8.78 Å². The number of alkyl halides is 2. The van der Waals surface area contributed by atoms with Crippen molar-refractivity contribution in [2.75, 3.05) is 6.61 Å². The van der Waals surface area contributed by atoms with E-state index in [2.05, 4.69) is 4.74 Å². The van der Waals surface area contributed by atoms with Crippen molar-refractivity contribution in [1.82, 2.24) is 0 Å². The maximum Gasteiger partial charge on any atom is 0.230 e. The van der Waals surface area contributed by atoms with Gasteiger partial charge in [0.15, 0.2) is 6.17 Å². The summed E-state index contributed by atoms with van der Waals surface area (Å²) in [6.45, 7) is 0.363. The third-order valence-corrected chi connectivity index (χ3v) is 1.19. The molecule has 1 aliphatic rings. The average Bonchev–Trinajstić information content (AvgIpc) is 1.77. The molecule has 2 atom stereocenters. The van der Waals surface area contributed by atoms with Gasteiger partial charge in [0.05, 0.1) is 6.61 Å². The fourth-order valence-corrected chi connectivity index (χ4v) is 0.710. The van der Waals surface area contributed by atoms with Gasteiger partial charge in [-0.25, -0.2) is 8.78 Å². The van der Waals surface area contributed by atoms with E-state index in [-0.39, 0.29) is 0 Å². The maximum atomic E-state index is 12.1. The van der Waals surface area contributed by atoms with Gasteiger partial charge in [0, 0.05) is 0 Å². The minimum absolute atomic E-state index is 0.307. The first kappa shape index (κ1) is 5.95. The topological polar surface area (TPSA) is 9.23 Å². The highest BCUT2D eigenvalue weighted by atomic mass is 19.2. The van der Waals surface area contributed by atoms with Gasteiger partial charge in [-0.2, -0.15) is 0 Å². The number of halogens is 2. The van der Waals surface area contributed by atoms with Crippen molar-refractivity contribution >= 4 is 0 Å². The summed E-state index contributed by atoms with van der Waals surface area (Å²) in [6.07, 6.45) is -2.10. The SMILES string of the molecule is F[C@@H]1CCCO[C@@H]1F. The molecule has 48 valence electrons. The average molecular weight is 122 g/mol. The molecule has 0 N–H and O–H groups in total. The summed E-state index contributed by atoms with van der Waals surface area (Å²) in [5, 5.41) is 0. The van der Waals surface area contributed by atoms with Crippen LogP contribution in [0.15, 0.2) is 0 Å². The molecule has 0 bridgehead atoms. The molecular formula is C5H8F2O. The van der Waals surface area contributed by atoms with Crippen LogP contribution in [0.4, 0.5) is 8.78 Å². The molecule has 0 aromatic rings. The summed E-state index contributed by atoms with van der Waals surface area (Å²) < 4.78 is 28.4. The van der Waals surface area contributed by atoms with Gasteiger partial charge < -0.3 is 4.74 Å². The van der Waals surface area contributed by atoms with E-state index < -0.39 is 12.5 Å². The minimum Gasteiger partial charge on any atom is -0.346 e. The lowest BCUT2D eigenvalue weighted by atomic mass is 10.2. The van der Waals surface area contributed by atoms with E-state index in [4.69, 9.17) is 0 Å². The van der Waals surface area contributed by atoms with Crippen molar-refractivity contribution in [3.8, 4) is 0 Å². The smallest absolute Gasteiger partial charge is 0.230 e. The van der Waals surface area contributed by atoms with Crippen LogP contribution < -0.4 is 0 Å². The zero-order valence-electron chi connectivity index (χ0n) is 4.44. The Bertz CT molecular complexity index is 66.8. The zero-order valence-corrected chi connectivity index (χ0v) is 4.44. The van der Waals surface area contributed by atoms with Gasteiger partial charge in [0.2, 0.25) is 6.36 Å². The molecule has 3 heteroatoms. The summed E-state index contributed by atoms with van der Waals surface area (Å²) >= 11 is 0. The van der Waals surface area contributed by atoms with Crippen molar-refractivity contribution in [1.29, 1.82) is 0 Å². The number of hydrogen-bond donors (Lipinski definition) is 0. The zero-order chi connectivity index (χ0) is 5.98. The van der Waals surface area contributed by atoms with Gasteiger partial charge in [0.1, 0.15) is 0 Å². The van der Waals surface area contributed by atoms with Crippen molar-refractivity contribution in [2.45, 2.75) is 25.4 Å². The molecule has 1 nitrogen and oxygen atoms in total. The highest BCUT2D eigenvalue weighted by Crippen LogP contribution is 2.17. The van der Waals surface area contributed by atoms with Crippen LogP contribution in [0.1, 0.15) is 12.8 Å². The Morgan fingerprint density at radius 2 is 2.12 bits per heavy atom. The van der Waals surface area contributed by atoms with Crippen LogP contribution in [-0.2, 0) is 4.74 Å². The first-order valence-electron chi connectivity index (χ1n) is 2.70. The van der Waals surface area contributed by atoms with E-state index in [1.807, 2.05) is 0 Å². The van der Waals surface area contributed by atoms with Crippen LogP contribution in [0.2, 0.25) is 0 Å². The molecule has 1 rings (SSSR count). The molecule has 1 saturated heterocycles. The first-order chi connectivity index (χ1) is 3.80. The number of rotatable bonds is 0. The third kappa shape index (κ3) is 1.15. The first-order valence-corrected chi connectivity index (χ1v) is 2.70. The second-order valence-electron chi connectivity index (χ2n) is 1.88. The Kier molecular flexibility index (Phi) is 1.78. The van der Waals surface area contributed by atoms with Crippen molar-refractivity contribution in [3.05, 3.63) is 0 Å². The Balaban J connectivity index is 2.28. The standard InChI is InChI=1S/C5H8F2O/c6-4-2-1-3-8-5(4)7/h4-5H,1-3H2/t4-,5+/m1/s1. The summed E-state index contributed by atoms with van der Waals surface area (Å²) in [5.74, 6) is 0. The van der Waals surface area contributed by atoms with Crippen LogP contribution in [0.3, 0.4) is 0 Å².